The van der Waals surface area contributed by atoms with E-state index in [1.54, 1.807) is 11.3 Å². The number of hydrogen-bond acceptors (Lipinski definition) is 7. The Kier molecular flexibility index (Phi) is 4.53. The molecule has 3 N–H and O–H groups in total. The van der Waals surface area contributed by atoms with Gasteiger partial charge in [0.05, 0.1) is 20.8 Å². The average molecular weight is 358 g/mol. The number of nitrogens with two attached hydrogens (primary N) is 1. The number of nitrogens with zero attached hydrogens (tertiary/aromatic N) is 3. The molecule has 20 heavy (non-hydrogen) atoms. The lowest BCUT2D eigenvalue weighted by molar-refractivity contribution is -0.384. The summed E-state index contributed by atoms with van der Waals surface area (Å²) in [5.74, 6) is 6.02. The van der Waals surface area contributed by atoms with E-state index in [1.807, 2.05) is 23.4 Å². The molecule has 0 aliphatic heterocycles. The summed E-state index contributed by atoms with van der Waals surface area (Å²) in [6, 6.07) is 4.71. The number of aromatic nitrogens is 1. The van der Waals surface area contributed by atoms with Crippen LogP contribution < -0.4 is 16.2 Å². The molecule has 0 saturated carbocycles. The summed E-state index contributed by atoms with van der Waals surface area (Å²) in [6.07, 6.45) is 0. The van der Waals surface area contributed by atoms with Crippen molar-refractivity contribution >= 4 is 44.6 Å². The predicted octanol–water partition coefficient (Wildman–Crippen LogP) is 2.74. The van der Waals surface area contributed by atoms with Crippen LogP contribution in [-0.4, -0.2) is 17.0 Å². The number of pyridine rings is 1. The minimum atomic E-state index is -0.471. The van der Waals surface area contributed by atoms with Gasteiger partial charge in [0.15, 0.2) is 0 Å². The summed E-state index contributed by atoms with van der Waals surface area (Å²) in [5.41, 5.74) is 3.38. The molecule has 0 aromatic carbocycles. The predicted molar refractivity (Wildman–Crippen MR) is 82.8 cm³/mol. The molecule has 0 aliphatic rings. The minimum absolute atomic E-state index is 0.0544. The Hall–Kier alpha value is -1.71. The molecule has 0 amide bonds. The van der Waals surface area contributed by atoms with Crippen LogP contribution in [0.15, 0.2) is 27.4 Å². The van der Waals surface area contributed by atoms with E-state index in [1.165, 1.54) is 12.1 Å². The number of hydrazine groups is 1. The maximum Gasteiger partial charge on any atom is 0.276 e. The molecule has 2 aromatic heterocycles. The highest BCUT2D eigenvalue weighted by atomic mass is 79.9. The fraction of sp³-hybridized carbons (Fsp3) is 0.182. The first-order valence-electron chi connectivity index (χ1n) is 5.56. The van der Waals surface area contributed by atoms with Crippen LogP contribution in [-0.2, 0) is 6.54 Å². The van der Waals surface area contributed by atoms with Crippen LogP contribution in [0.5, 0.6) is 0 Å². The minimum Gasteiger partial charge on any atom is -0.355 e. The third-order valence-corrected chi connectivity index (χ3v) is 4.14. The second-order valence-corrected chi connectivity index (χ2v) is 6.38. The first kappa shape index (κ1) is 14.7. The van der Waals surface area contributed by atoms with Crippen LogP contribution in [0.4, 0.5) is 17.3 Å². The number of rotatable bonds is 5. The summed E-state index contributed by atoms with van der Waals surface area (Å²) in [4.78, 5) is 16.5. The van der Waals surface area contributed by atoms with Gasteiger partial charge in [-0.15, -0.1) is 11.3 Å². The number of thiophene rings is 1. The number of anilines is 2. The van der Waals surface area contributed by atoms with E-state index < -0.39 is 4.92 Å². The van der Waals surface area contributed by atoms with Crippen molar-refractivity contribution in [3.8, 4) is 0 Å². The summed E-state index contributed by atoms with van der Waals surface area (Å²) in [5, 5.41) is 12.9. The second kappa shape index (κ2) is 6.16. The van der Waals surface area contributed by atoms with Crippen molar-refractivity contribution in [1.82, 2.24) is 4.98 Å². The molecule has 9 heteroatoms. The highest BCUT2D eigenvalue weighted by molar-refractivity contribution is 9.11. The maximum absolute atomic E-state index is 10.9. The summed E-state index contributed by atoms with van der Waals surface area (Å²) >= 11 is 4.99. The first-order chi connectivity index (χ1) is 9.49. The summed E-state index contributed by atoms with van der Waals surface area (Å²) < 4.78 is 1.04. The molecular weight excluding hydrogens is 346 g/mol. The number of hydrogen-bond donors (Lipinski definition) is 2. The van der Waals surface area contributed by atoms with Gasteiger partial charge in [0, 0.05) is 13.6 Å². The molecule has 2 aromatic rings. The Morgan fingerprint density at radius 2 is 2.30 bits per heavy atom. The number of nitrogens with one attached hydrogen (secondary N) is 1. The zero-order chi connectivity index (χ0) is 14.7. The van der Waals surface area contributed by atoms with E-state index in [4.69, 9.17) is 5.84 Å². The quantitative estimate of drug-likeness (QED) is 0.485. The molecule has 0 saturated heterocycles. The molecule has 106 valence electrons. The SMILES string of the molecule is CN(Cc1csc(Br)c1)c1cc([N+](=O)[O-])cc(NN)n1. The van der Waals surface area contributed by atoms with Crippen molar-refractivity contribution in [3.05, 3.63) is 43.0 Å². The van der Waals surface area contributed by atoms with Gasteiger partial charge >= 0.3 is 0 Å². The molecule has 0 bridgehead atoms. The smallest absolute Gasteiger partial charge is 0.276 e. The van der Waals surface area contributed by atoms with Gasteiger partial charge in [0.25, 0.3) is 5.69 Å². The first-order valence-corrected chi connectivity index (χ1v) is 7.24. The lowest BCUT2D eigenvalue weighted by atomic mass is 10.3. The number of halogens is 1. The second-order valence-electron chi connectivity index (χ2n) is 4.09. The monoisotopic (exact) mass is 357 g/mol. The van der Waals surface area contributed by atoms with Crippen molar-refractivity contribution in [3.63, 3.8) is 0 Å². The van der Waals surface area contributed by atoms with Gasteiger partial charge in [0.1, 0.15) is 11.6 Å². The fourth-order valence-corrected chi connectivity index (χ4v) is 2.86. The average Bonchev–Trinajstić information content (AvgIpc) is 2.83. The number of nitro groups is 1. The summed E-state index contributed by atoms with van der Waals surface area (Å²) in [7, 11) is 1.82. The van der Waals surface area contributed by atoms with Gasteiger partial charge in [0.2, 0.25) is 0 Å². The zero-order valence-electron chi connectivity index (χ0n) is 10.5. The van der Waals surface area contributed by atoms with Crippen molar-refractivity contribution < 1.29 is 4.92 Å². The molecule has 0 aliphatic carbocycles. The normalized spacial score (nSPS) is 10.3. The lowest BCUT2D eigenvalue weighted by Gasteiger charge is -2.18. The highest BCUT2D eigenvalue weighted by Gasteiger charge is 2.14. The van der Waals surface area contributed by atoms with E-state index in [-0.39, 0.29) is 11.5 Å². The molecule has 0 radical (unpaired) electrons. The third-order valence-electron chi connectivity index (χ3n) is 2.59. The standard InChI is InChI=1S/C11H12BrN5O2S/c1-16(5-7-2-9(12)20-6-7)11-4-8(17(18)19)3-10(14-11)15-13/h2-4,6H,5,13H2,1H3,(H,14,15). The van der Waals surface area contributed by atoms with E-state index >= 15 is 0 Å². The van der Waals surface area contributed by atoms with Gasteiger partial charge in [-0.25, -0.2) is 10.8 Å². The van der Waals surface area contributed by atoms with Crippen LogP contribution in [0, 0.1) is 10.1 Å². The Morgan fingerprint density at radius 1 is 1.55 bits per heavy atom. The van der Waals surface area contributed by atoms with Crippen LogP contribution in [0.2, 0.25) is 0 Å². The summed E-state index contributed by atoms with van der Waals surface area (Å²) in [6.45, 7) is 0.597. The van der Waals surface area contributed by atoms with Crippen molar-refractivity contribution in [2.24, 2.45) is 5.84 Å². The van der Waals surface area contributed by atoms with E-state index in [9.17, 15) is 10.1 Å². The molecular formula is C11H12BrN5O2S. The van der Waals surface area contributed by atoms with Crippen LogP contribution in [0.3, 0.4) is 0 Å². The highest BCUT2D eigenvalue weighted by Crippen LogP contribution is 2.25. The van der Waals surface area contributed by atoms with Crippen molar-refractivity contribution in [2.45, 2.75) is 6.54 Å². The van der Waals surface area contributed by atoms with Gasteiger partial charge < -0.3 is 10.3 Å². The van der Waals surface area contributed by atoms with Crippen molar-refractivity contribution in [2.75, 3.05) is 17.4 Å². The number of nitrogen functional groups attached to an aromatic ring is 1. The van der Waals surface area contributed by atoms with Crippen LogP contribution >= 0.6 is 27.3 Å². The van der Waals surface area contributed by atoms with Crippen molar-refractivity contribution in [1.29, 1.82) is 0 Å². The largest absolute Gasteiger partial charge is 0.355 e. The Balaban J connectivity index is 2.26. The molecule has 0 fully saturated rings. The van der Waals surface area contributed by atoms with Crippen LogP contribution in [0.1, 0.15) is 5.56 Å². The Bertz CT molecular complexity index is 633. The molecule has 0 atom stereocenters. The third kappa shape index (κ3) is 3.44. The van der Waals surface area contributed by atoms with Gasteiger partial charge in [-0.2, -0.15) is 0 Å². The Morgan fingerprint density at radius 3 is 2.85 bits per heavy atom. The zero-order valence-corrected chi connectivity index (χ0v) is 12.9. The van der Waals surface area contributed by atoms with Gasteiger partial charge in [-0.3, -0.25) is 10.1 Å². The van der Waals surface area contributed by atoms with Crippen LogP contribution in [0.25, 0.3) is 0 Å². The fourth-order valence-electron chi connectivity index (χ4n) is 1.66. The molecule has 7 nitrogen and oxygen atoms in total. The Labute approximate surface area is 127 Å². The molecule has 2 rings (SSSR count). The lowest BCUT2D eigenvalue weighted by Crippen LogP contribution is -2.19. The molecule has 0 spiro atoms. The van der Waals surface area contributed by atoms with E-state index in [2.05, 4.69) is 26.3 Å². The topological polar surface area (TPSA) is 97.3 Å². The van der Waals surface area contributed by atoms with E-state index in [0.29, 0.717) is 12.4 Å². The molecule has 2 heterocycles. The van der Waals surface area contributed by atoms with Gasteiger partial charge in [-0.05, 0) is 32.9 Å². The van der Waals surface area contributed by atoms with E-state index in [0.717, 1.165) is 9.35 Å². The molecule has 0 unspecified atom stereocenters. The maximum atomic E-state index is 10.9. The van der Waals surface area contributed by atoms with Gasteiger partial charge in [-0.1, -0.05) is 0 Å².